The topological polar surface area (TPSA) is 57.5 Å². The maximum absolute atomic E-state index is 12.0. The van der Waals surface area contributed by atoms with Crippen LogP contribution in [0.3, 0.4) is 0 Å². The van der Waals surface area contributed by atoms with Crippen molar-refractivity contribution in [1.29, 1.82) is 0 Å². The number of carbonyl (C=O) groups is 1. The molecule has 3 heteroatoms. The van der Waals surface area contributed by atoms with Crippen LogP contribution in [-0.2, 0) is 4.79 Å². The summed E-state index contributed by atoms with van der Waals surface area (Å²) in [5.74, 6) is 2.17. The van der Waals surface area contributed by atoms with Gasteiger partial charge in [0.15, 0.2) is 0 Å². The molecule has 168 valence electrons. The Labute approximate surface area is 183 Å². The van der Waals surface area contributed by atoms with Crippen LogP contribution < -0.4 is 0 Å². The molecule has 0 radical (unpaired) electrons. The lowest BCUT2D eigenvalue weighted by molar-refractivity contribution is -0.139. The second-order valence-electron chi connectivity index (χ2n) is 11.9. The molecule has 30 heavy (non-hydrogen) atoms. The van der Waals surface area contributed by atoms with E-state index in [0.29, 0.717) is 23.2 Å². The zero-order chi connectivity index (χ0) is 21.7. The first kappa shape index (κ1) is 22.1. The van der Waals surface area contributed by atoms with Crippen LogP contribution in [-0.4, -0.2) is 22.3 Å². The number of hydrogen-bond acceptors (Lipinski definition) is 2. The summed E-state index contributed by atoms with van der Waals surface area (Å²) in [4.78, 5) is 12.0. The molecule has 0 heterocycles. The summed E-state index contributed by atoms with van der Waals surface area (Å²) in [5, 5.41) is 20.5. The molecule has 0 aromatic carbocycles. The monoisotopic (exact) mass is 414 g/mol. The molecule has 0 spiro atoms. The van der Waals surface area contributed by atoms with Crippen LogP contribution in [0.5, 0.6) is 0 Å². The van der Waals surface area contributed by atoms with Crippen molar-refractivity contribution in [3.63, 3.8) is 0 Å². The quantitative estimate of drug-likeness (QED) is 0.524. The summed E-state index contributed by atoms with van der Waals surface area (Å²) in [5.41, 5.74) is 1.57. The fourth-order valence-electron chi connectivity index (χ4n) is 7.98. The number of aliphatic carboxylic acids is 1. The van der Waals surface area contributed by atoms with Crippen molar-refractivity contribution in [3.8, 4) is 0 Å². The summed E-state index contributed by atoms with van der Waals surface area (Å²) in [6.07, 6.45) is 16.2. The van der Waals surface area contributed by atoms with E-state index in [1.54, 1.807) is 0 Å². The molecule has 0 aliphatic heterocycles. The normalized spacial score (nSPS) is 44.3. The van der Waals surface area contributed by atoms with Gasteiger partial charge < -0.3 is 10.2 Å². The Balaban J connectivity index is 1.54. The van der Waals surface area contributed by atoms with Gasteiger partial charge in [-0.3, -0.25) is 4.79 Å². The minimum atomic E-state index is -0.702. The van der Waals surface area contributed by atoms with Crippen molar-refractivity contribution >= 4 is 5.97 Å². The lowest BCUT2D eigenvalue weighted by Gasteiger charge is -2.60. The number of carboxylic acids is 1. The summed E-state index contributed by atoms with van der Waals surface area (Å²) in [7, 11) is 0. The minimum absolute atomic E-state index is 0.110. The van der Waals surface area contributed by atoms with Crippen LogP contribution in [0.4, 0.5) is 0 Å². The highest BCUT2D eigenvalue weighted by Crippen LogP contribution is 2.66. The van der Waals surface area contributed by atoms with E-state index in [1.807, 2.05) is 6.08 Å². The van der Waals surface area contributed by atoms with E-state index in [2.05, 4.69) is 39.8 Å². The fraction of sp³-hybridized carbons (Fsp3) is 0.815. The fourth-order valence-corrected chi connectivity index (χ4v) is 7.98. The molecule has 0 unspecified atom stereocenters. The zero-order valence-corrected chi connectivity index (χ0v) is 19.4. The number of rotatable bonds is 5. The van der Waals surface area contributed by atoms with E-state index in [-0.39, 0.29) is 11.5 Å². The SMILES string of the molecule is CC(C)C/C=C\[C@H](C(=O)O)C1=CC[C@@]2(C)[C@@H](CC[C@H]3[C@H]2CC[C@]2(C)[C@@H](O)CC[C@@H]32)C1. The van der Waals surface area contributed by atoms with Gasteiger partial charge >= 0.3 is 5.97 Å². The van der Waals surface area contributed by atoms with Crippen molar-refractivity contribution < 1.29 is 15.0 Å². The Bertz CT molecular complexity index is 722. The maximum Gasteiger partial charge on any atom is 0.314 e. The number of fused-ring (bicyclic) bond motifs is 5. The first-order chi connectivity index (χ1) is 14.2. The molecule has 3 saturated carbocycles. The van der Waals surface area contributed by atoms with Crippen molar-refractivity contribution in [2.75, 3.05) is 0 Å². The van der Waals surface area contributed by atoms with Crippen LogP contribution in [0.25, 0.3) is 0 Å². The zero-order valence-electron chi connectivity index (χ0n) is 19.4. The summed E-state index contributed by atoms with van der Waals surface area (Å²) in [6.45, 7) is 9.19. The predicted octanol–water partition coefficient (Wildman–Crippen LogP) is 6.23. The van der Waals surface area contributed by atoms with Gasteiger partial charge in [-0.1, -0.05) is 51.5 Å². The van der Waals surface area contributed by atoms with Gasteiger partial charge in [-0.25, -0.2) is 0 Å². The van der Waals surface area contributed by atoms with Crippen molar-refractivity contribution in [2.24, 2.45) is 46.3 Å². The van der Waals surface area contributed by atoms with Gasteiger partial charge in [-0.15, -0.1) is 0 Å². The first-order valence-corrected chi connectivity index (χ1v) is 12.4. The van der Waals surface area contributed by atoms with E-state index in [1.165, 1.54) is 25.7 Å². The van der Waals surface area contributed by atoms with E-state index in [0.717, 1.165) is 49.5 Å². The third-order valence-corrected chi connectivity index (χ3v) is 9.90. The third kappa shape index (κ3) is 3.59. The molecule has 0 aromatic rings. The number of carboxylic acid groups (broad SMARTS) is 1. The van der Waals surface area contributed by atoms with Gasteiger partial charge in [0.1, 0.15) is 0 Å². The maximum atomic E-state index is 12.0. The largest absolute Gasteiger partial charge is 0.481 e. The van der Waals surface area contributed by atoms with Gasteiger partial charge in [0.25, 0.3) is 0 Å². The molecule has 8 atom stereocenters. The minimum Gasteiger partial charge on any atom is -0.481 e. The molecule has 2 N–H and O–H groups in total. The Morgan fingerprint density at radius 3 is 2.57 bits per heavy atom. The van der Waals surface area contributed by atoms with E-state index < -0.39 is 11.9 Å². The van der Waals surface area contributed by atoms with Crippen LogP contribution in [0.1, 0.15) is 85.5 Å². The Morgan fingerprint density at radius 1 is 1.13 bits per heavy atom. The number of hydrogen-bond donors (Lipinski definition) is 2. The van der Waals surface area contributed by atoms with Gasteiger partial charge in [0, 0.05) is 0 Å². The van der Waals surface area contributed by atoms with E-state index in [9.17, 15) is 15.0 Å². The number of allylic oxidation sites excluding steroid dienone is 2. The predicted molar refractivity (Wildman–Crippen MR) is 121 cm³/mol. The number of aliphatic hydroxyl groups is 1. The highest BCUT2D eigenvalue weighted by molar-refractivity contribution is 5.76. The van der Waals surface area contributed by atoms with Crippen molar-refractivity contribution in [3.05, 3.63) is 23.8 Å². The molecule has 3 nitrogen and oxygen atoms in total. The molecule has 4 aliphatic carbocycles. The molecule has 4 rings (SSSR count). The molecular weight excluding hydrogens is 372 g/mol. The van der Waals surface area contributed by atoms with E-state index in [4.69, 9.17) is 0 Å². The Hall–Kier alpha value is -1.09. The average Bonchev–Trinajstić information content (AvgIpc) is 2.99. The molecule has 0 amide bonds. The standard InChI is InChI=1S/C27H42O3/c1-17(2)6-5-7-20(25(29)30)18-12-14-26(3)19(16-18)8-9-21-22-10-11-24(28)27(22,4)15-13-23(21)26/h5,7,12,17,19-24,28H,6,8-11,13-16H2,1-4H3,(H,29,30)/b7-5-/t19-,20-,21+,22-,23+,24-,26-,27-/m0/s1. The molecule has 0 aromatic heterocycles. The highest BCUT2D eigenvalue weighted by atomic mass is 16.4. The Kier molecular flexibility index (Phi) is 5.98. The van der Waals surface area contributed by atoms with Crippen LogP contribution in [0.2, 0.25) is 0 Å². The number of aliphatic hydroxyl groups excluding tert-OH is 1. The second kappa shape index (κ2) is 8.11. The molecular formula is C27H42O3. The lowest BCUT2D eigenvalue weighted by atomic mass is 9.45. The summed E-state index contributed by atoms with van der Waals surface area (Å²) in [6, 6.07) is 0. The van der Waals surface area contributed by atoms with Gasteiger partial charge in [0.05, 0.1) is 12.0 Å². The van der Waals surface area contributed by atoms with Crippen LogP contribution in [0.15, 0.2) is 23.8 Å². The summed E-state index contributed by atoms with van der Waals surface area (Å²) >= 11 is 0. The van der Waals surface area contributed by atoms with Gasteiger partial charge in [-0.05, 0) is 98.2 Å². The van der Waals surface area contributed by atoms with Crippen molar-refractivity contribution in [2.45, 2.75) is 91.6 Å². The Morgan fingerprint density at radius 2 is 1.87 bits per heavy atom. The molecule has 3 fully saturated rings. The van der Waals surface area contributed by atoms with E-state index >= 15 is 0 Å². The highest BCUT2D eigenvalue weighted by Gasteiger charge is 2.59. The van der Waals surface area contributed by atoms with Crippen LogP contribution in [0, 0.1) is 46.3 Å². The van der Waals surface area contributed by atoms with Crippen LogP contribution >= 0.6 is 0 Å². The van der Waals surface area contributed by atoms with Crippen molar-refractivity contribution in [1.82, 2.24) is 0 Å². The summed E-state index contributed by atoms with van der Waals surface area (Å²) < 4.78 is 0. The lowest BCUT2D eigenvalue weighted by Crippen LogP contribution is -2.53. The average molecular weight is 415 g/mol. The van der Waals surface area contributed by atoms with Gasteiger partial charge in [-0.2, -0.15) is 0 Å². The molecule has 0 bridgehead atoms. The molecule has 4 aliphatic rings. The first-order valence-electron chi connectivity index (χ1n) is 12.4. The molecule has 0 saturated heterocycles. The second-order valence-corrected chi connectivity index (χ2v) is 11.9. The smallest absolute Gasteiger partial charge is 0.314 e. The van der Waals surface area contributed by atoms with Gasteiger partial charge in [0.2, 0.25) is 0 Å². The third-order valence-electron chi connectivity index (χ3n) is 9.90.